The second kappa shape index (κ2) is 5.80. The molecular weight excluding hydrogens is 214 g/mol. The summed E-state index contributed by atoms with van der Waals surface area (Å²) in [5, 5.41) is 0. The number of hydrogen-bond acceptors (Lipinski definition) is 3. The Morgan fingerprint density at radius 3 is 2.94 bits per heavy atom. The van der Waals surface area contributed by atoms with Gasteiger partial charge in [-0.2, -0.15) is 0 Å². The normalized spacial score (nSPS) is 16.1. The van der Waals surface area contributed by atoms with Crippen LogP contribution in [-0.2, 0) is 11.2 Å². The van der Waals surface area contributed by atoms with Gasteiger partial charge in [0.1, 0.15) is 5.78 Å². The first-order valence-corrected chi connectivity index (χ1v) is 6.32. The van der Waals surface area contributed by atoms with Gasteiger partial charge in [-0.15, -0.1) is 0 Å². The molecule has 92 valence electrons. The van der Waals surface area contributed by atoms with E-state index in [1.54, 1.807) is 13.3 Å². The van der Waals surface area contributed by atoms with E-state index in [1.807, 2.05) is 12.1 Å². The third kappa shape index (κ3) is 3.05. The second-order valence-electron chi connectivity index (χ2n) is 4.62. The molecule has 0 spiro atoms. The highest BCUT2D eigenvalue weighted by atomic mass is 16.5. The molecule has 0 N–H and O–H groups in total. The van der Waals surface area contributed by atoms with E-state index in [1.165, 1.54) is 12.8 Å². The molecule has 2 rings (SSSR count). The highest BCUT2D eigenvalue weighted by molar-refractivity contribution is 5.81. The van der Waals surface area contributed by atoms with E-state index < -0.39 is 0 Å². The predicted octanol–water partition coefficient (Wildman–Crippen LogP) is 2.78. The Kier molecular flexibility index (Phi) is 4.13. The van der Waals surface area contributed by atoms with Gasteiger partial charge in [0.15, 0.2) is 0 Å². The molecule has 0 unspecified atom stereocenters. The minimum absolute atomic E-state index is 0.317. The molecule has 1 fully saturated rings. The van der Waals surface area contributed by atoms with Crippen LogP contribution in [0.3, 0.4) is 0 Å². The van der Waals surface area contributed by atoms with E-state index >= 15 is 0 Å². The van der Waals surface area contributed by atoms with Crippen LogP contribution in [0.2, 0.25) is 0 Å². The third-order valence-corrected chi connectivity index (χ3v) is 3.49. The molecule has 1 aliphatic rings. The molecule has 1 aromatic heterocycles. The maximum absolute atomic E-state index is 12.0. The van der Waals surface area contributed by atoms with Crippen molar-refractivity contribution < 1.29 is 9.53 Å². The summed E-state index contributed by atoms with van der Waals surface area (Å²) in [6, 6.07) is 3.87. The van der Waals surface area contributed by atoms with Gasteiger partial charge in [-0.05, 0) is 25.3 Å². The molecule has 1 saturated carbocycles. The topological polar surface area (TPSA) is 39.2 Å². The van der Waals surface area contributed by atoms with Gasteiger partial charge in [0.25, 0.3) is 0 Å². The number of aromatic nitrogens is 1. The van der Waals surface area contributed by atoms with Gasteiger partial charge >= 0.3 is 0 Å². The standard InChI is InChI=1S/C14H19NO2/c1-17-14-12(7-4-10-15-14)8-9-13(16)11-5-2-3-6-11/h4,7,10-11H,2-3,5-6,8-9H2,1H3. The summed E-state index contributed by atoms with van der Waals surface area (Å²) < 4.78 is 5.18. The minimum Gasteiger partial charge on any atom is -0.481 e. The molecule has 17 heavy (non-hydrogen) atoms. The first kappa shape index (κ1) is 12.1. The number of carbonyl (C=O) groups excluding carboxylic acids is 1. The van der Waals surface area contributed by atoms with Crippen molar-refractivity contribution in [2.45, 2.75) is 38.5 Å². The Morgan fingerprint density at radius 2 is 2.24 bits per heavy atom. The lowest BCUT2D eigenvalue weighted by Crippen LogP contribution is -2.11. The third-order valence-electron chi connectivity index (χ3n) is 3.49. The highest BCUT2D eigenvalue weighted by Crippen LogP contribution is 2.27. The molecule has 3 heteroatoms. The average molecular weight is 233 g/mol. The number of hydrogen-bond donors (Lipinski definition) is 0. The number of ether oxygens (including phenoxy) is 1. The van der Waals surface area contributed by atoms with Crippen molar-refractivity contribution in [1.82, 2.24) is 4.98 Å². The lowest BCUT2D eigenvalue weighted by molar-refractivity contribution is -0.122. The van der Waals surface area contributed by atoms with Gasteiger partial charge < -0.3 is 4.74 Å². The molecule has 1 aliphatic carbocycles. The minimum atomic E-state index is 0.317. The molecule has 0 aliphatic heterocycles. The van der Waals surface area contributed by atoms with Crippen molar-refractivity contribution in [3.63, 3.8) is 0 Å². The molecule has 0 saturated heterocycles. The summed E-state index contributed by atoms with van der Waals surface area (Å²) in [6.07, 6.45) is 7.67. The van der Waals surface area contributed by atoms with Gasteiger partial charge in [-0.1, -0.05) is 18.9 Å². The number of rotatable bonds is 5. The van der Waals surface area contributed by atoms with Crippen LogP contribution >= 0.6 is 0 Å². The summed E-state index contributed by atoms with van der Waals surface area (Å²) in [4.78, 5) is 16.1. The first-order valence-electron chi connectivity index (χ1n) is 6.32. The van der Waals surface area contributed by atoms with Crippen molar-refractivity contribution in [2.75, 3.05) is 7.11 Å². The number of pyridine rings is 1. The van der Waals surface area contributed by atoms with E-state index in [-0.39, 0.29) is 0 Å². The maximum Gasteiger partial charge on any atom is 0.216 e. The van der Waals surface area contributed by atoms with E-state index in [0.29, 0.717) is 24.0 Å². The van der Waals surface area contributed by atoms with Crippen LogP contribution in [-0.4, -0.2) is 17.9 Å². The smallest absolute Gasteiger partial charge is 0.216 e. The first-order chi connectivity index (χ1) is 8.31. The van der Waals surface area contributed by atoms with Crippen molar-refractivity contribution in [2.24, 2.45) is 5.92 Å². The molecule has 0 bridgehead atoms. The summed E-state index contributed by atoms with van der Waals surface area (Å²) in [7, 11) is 1.62. The molecule has 1 heterocycles. The fourth-order valence-electron chi connectivity index (χ4n) is 2.51. The lowest BCUT2D eigenvalue weighted by atomic mass is 9.97. The van der Waals surface area contributed by atoms with Crippen molar-refractivity contribution >= 4 is 5.78 Å². The quantitative estimate of drug-likeness (QED) is 0.785. The van der Waals surface area contributed by atoms with Crippen molar-refractivity contribution in [3.8, 4) is 5.88 Å². The van der Waals surface area contributed by atoms with Crippen LogP contribution in [0.25, 0.3) is 0 Å². The Bertz CT molecular complexity index is 384. The molecule has 0 atom stereocenters. The van der Waals surface area contributed by atoms with Crippen LogP contribution < -0.4 is 4.74 Å². The average Bonchev–Trinajstić information content (AvgIpc) is 2.90. The van der Waals surface area contributed by atoms with Crippen LogP contribution in [0, 0.1) is 5.92 Å². The van der Waals surface area contributed by atoms with Crippen molar-refractivity contribution in [3.05, 3.63) is 23.9 Å². The van der Waals surface area contributed by atoms with E-state index in [2.05, 4.69) is 4.98 Å². The van der Waals surface area contributed by atoms with Gasteiger partial charge in [0.05, 0.1) is 7.11 Å². The summed E-state index contributed by atoms with van der Waals surface area (Å²) in [6.45, 7) is 0. The maximum atomic E-state index is 12.0. The van der Waals surface area contributed by atoms with Crippen molar-refractivity contribution in [1.29, 1.82) is 0 Å². The summed E-state index contributed by atoms with van der Waals surface area (Å²) in [5.41, 5.74) is 1.03. The monoisotopic (exact) mass is 233 g/mol. The Morgan fingerprint density at radius 1 is 1.47 bits per heavy atom. The fourth-order valence-corrected chi connectivity index (χ4v) is 2.51. The van der Waals surface area contributed by atoms with Gasteiger partial charge in [-0.25, -0.2) is 4.98 Å². The van der Waals surface area contributed by atoms with Gasteiger partial charge in [-0.3, -0.25) is 4.79 Å². The Labute approximate surface area is 102 Å². The Balaban J connectivity index is 1.90. The zero-order chi connectivity index (χ0) is 12.1. The fraction of sp³-hybridized carbons (Fsp3) is 0.571. The number of nitrogens with zero attached hydrogens (tertiary/aromatic N) is 1. The zero-order valence-electron chi connectivity index (χ0n) is 10.3. The molecular formula is C14H19NO2. The van der Waals surface area contributed by atoms with Gasteiger partial charge in [0, 0.05) is 24.1 Å². The van der Waals surface area contributed by atoms with E-state index in [0.717, 1.165) is 24.8 Å². The molecule has 0 amide bonds. The Hall–Kier alpha value is -1.38. The van der Waals surface area contributed by atoms with Crippen LogP contribution in [0.5, 0.6) is 5.88 Å². The molecule has 3 nitrogen and oxygen atoms in total. The predicted molar refractivity (Wildman–Crippen MR) is 66.1 cm³/mol. The van der Waals surface area contributed by atoms with E-state index in [9.17, 15) is 4.79 Å². The number of carbonyl (C=O) groups is 1. The van der Waals surface area contributed by atoms with Gasteiger partial charge in [0.2, 0.25) is 5.88 Å². The second-order valence-corrected chi connectivity index (χ2v) is 4.62. The van der Waals surface area contributed by atoms with E-state index in [4.69, 9.17) is 4.74 Å². The summed E-state index contributed by atoms with van der Waals surface area (Å²) >= 11 is 0. The van der Waals surface area contributed by atoms with Crippen LogP contribution in [0.4, 0.5) is 0 Å². The number of ketones is 1. The number of aryl methyl sites for hydroxylation is 1. The molecule has 0 aromatic carbocycles. The zero-order valence-corrected chi connectivity index (χ0v) is 10.3. The molecule has 0 radical (unpaired) electrons. The lowest BCUT2D eigenvalue weighted by Gasteiger charge is -2.09. The van der Waals surface area contributed by atoms with Crippen LogP contribution in [0.15, 0.2) is 18.3 Å². The highest BCUT2D eigenvalue weighted by Gasteiger charge is 2.22. The molecule has 1 aromatic rings. The summed E-state index contributed by atoms with van der Waals surface area (Å²) in [5.74, 6) is 1.37. The SMILES string of the molecule is COc1ncccc1CCC(=O)C1CCCC1. The number of methoxy groups -OCH3 is 1. The van der Waals surface area contributed by atoms with Crippen LogP contribution in [0.1, 0.15) is 37.7 Å². The number of Topliss-reactive ketones (excluding diaryl/α,β-unsaturated/α-hetero) is 1. The largest absolute Gasteiger partial charge is 0.481 e.